The van der Waals surface area contributed by atoms with E-state index < -0.39 is 11.7 Å². The van der Waals surface area contributed by atoms with E-state index in [1.54, 1.807) is 6.07 Å². The molecule has 0 spiro atoms. The Balaban J connectivity index is 1.72. The minimum atomic E-state index is -0.469. The van der Waals surface area contributed by atoms with Gasteiger partial charge in [-0.2, -0.15) is 0 Å². The summed E-state index contributed by atoms with van der Waals surface area (Å²) in [5.41, 5.74) is 15.6. The molecule has 4 N–H and O–H groups in total. The molecule has 3 aromatic rings. The summed E-state index contributed by atoms with van der Waals surface area (Å²) in [6.45, 7) is 5.67. The Morgan fingerprint density at radius 2 is 1.78 bits per heavy atom. The fourth-order valence-electron chi connectivity index (χ4n) is 3.63. The van der Waals surface area contributed by atoms with Gasteiger partial charge in [0.1, 0.15) is 5.82 Å². The maximum absolute atomic E-state index is 13.9. The first-order valence-corrected chi connectivity index (χ1v) is 8.72. The van der Waals surface area contributed by atoms with Crippen molar-refractivity contribution in [2.24, 2.45) is 5.73 Å². The average molecular weight is 361 g/mol. The second-order valence-electron chi connectivity index (χ2n) is 6.99. The molecule has 4 rings (SSSR count). The third-order valence-electron chi connectivity index (χ3n) is 5.10. The van der Waals surface area contributed by atoms with Gasteiger partial charge in [-0.1, -0.05) is 36.9 Å². The molecule has 1 amide bonds. The molecule has 0 aromatic heterocycles. The van der Waals surface area contributed by atoms with Crippen LogP contribution in [-0.4, -0.2) is 17.4 Å². The predicted molar refractivity (Wildman–Crippen MR) is 106 cm³/mol. The van der Waals surface area contributed by atoms with Crippen LogP contribution in [-0.2, 0) is 17.9 Å². The van der Waals surface area contributed by atoms with Crippen molar-refractivity contribution < 1.29 is 9.18 Å². The van der Waals surface area contributed by atoms with Crippen LogP contribution in [0.3, 0.4) is 0 Å². The van der Waals surface area contributed by atoms with Crippen LogP contribution in [0.1, 0.15) is 11.1 Å². The Labute approximate surface area is 156 Å². The van der Waals surface area contributed by atoms with E-state index in [1.807, 2.05) is 18.2 Å². The summed E-state index contributed by atoms with van der Waals surface area (Å²) < 4.78 is 13.9. The van der Waals surface area contributed by atoms with Crippen LogP contribution >= 0.6 is 0 Å². The number of nitrogens with zero attached hydrogens (tertiary/aromatic N) is 1. The molecule has 3 aromatic carbocycles. The largest absolute Gasteiger partial charge is 0.396 e. The zero-order valence-corrected chi connectivity index (χ0v) is 14.8. The molecular weight excluding hydrogens is 341 g/mol. The molecule has 1 heterocycles. The molecule has 0 radical (unpaired) electrons. The van der Waals surface area contributed by atoms with E-state index in [4.69, 9.17) is 11.5 Å². The molecule has 0 aliphatic carbocycles. The van der Waals surface area contributed by atoms with Crippen LogP contribution in [0.25, 0.3) is 21.9 Å². The molecule has 0 atom stereocenters. The van der Waals surface area contributed by atoms with Crippen molar-refractivity contribution in [1.29, 1.82) is 0 Å². The lowest BCUT2D eigenvalue weighted by Gasteiger charge is -2.14. The van der Waals surface area contributed by atoms with Crippen LogP contribution in [0.2, 0.25) is 0 Å². The summed E-state index contributed by atoms with van der Waals surface area (Å²) in [6, 6.07) is 15.2. The monoisotopic (exact) mass is 361 g/mol. The van der Waals surface area contributed by atoms with E-state index in [0.29, 0.717) is 12.1 Å². The number of carbonyl (C=O) groups is 1. The maximum Gasteiger partial charge on any atom is 0.245 e. The first kappa shape index (κ1) is 17.2. The zero-order valence-electron chi connectivity index (χ0n) is 14.8. The van der Waals surface area contributed by atoms with Crippen LogP contribution in [0.15, 0.2) is 60.7 Å². The third kappa shape index (κ3) is 3.17. The van der Waals surface area contributed by atoms with Crippen molar-refractivity contribution >= 4 is 22.4 Å². The van der Waals surface area contributed by atoms with Crippen molar-refractivity contribution in [2.45, 2.75) is 13.1 Å². The molecular formula is C22H20FN3O. The number of anilines is 1. The van der Waals surface area contributed by atoms with Gasteiger partial charge in [-0.15, -0.1) is 0 Å². The third-order valence-corrected chi connectivity index (χ3v) is 5.10. The molecule has 0 bridgehead atoms. The highest BCUT2D eigenvalue weighted by Crippen LogP contribution is 2.33. The number of carbonyl (C=O) groups excluding carboxylic acids is 1. The number of hydrogen-bond acceptors (Lipinski definition) is 3. The predicted octanol–water partition coefficient (Wildman–Crippen LogP) is 3.59. The molecule has 136 valence electrons. The van der Waals surface area contributed by atoms with Crippen LogP contribution in [0.4, 0.5) is 10.1 Å². The highest BCUT2D eigenvalue weighted by Gasteiger charge is 2.22. The molecule has 4 nitrogen and oxygen atoms in total. The van der Waals surface area contributed by atoms with Gasteiger partial charge in [-0.05, 0) is 51.2 Å². The van der Waals surface area contributed by atoms with E-state index in [2.05, 4.69) is 29.7 Å². The van der Waals surface area contributed by atoms with Gasteiger partial charge >= 0.3 is 0 Å². The van der Waals surface area contributed by atoms with E-state index >= 15 is 0 Å². The fraction of sp³-hybridized carbons (Fsp3) is 0.136. The van der Waals surface area contributed by atoms with Gasteiger partial charge < -0.3 is 11.5 Å². The van der Waals surface area contributed by atoms with Gasteiger partial charge in [0.15, 0.2) is 0 Å². The normalized spacial score (nSPS) is 13.7. The molecule has 1 aliphatic heterocycles. The lowest BCUT2D eigenvalue weighted by Crippen LogP contribution is -2.25. The van der Waals surface area contributed by atoms with Crippen LogP contribution in [0.5, 0.6) is 0 Å². The Morgan fingerprint density at radius 3 is 2.52 bits per heavy atom. The fourth-order valence-corrected chi connectivity index (χ4v) is 3.63. The molecule has 1 aliphatic rings. The molecule has 0 unspecified atom stereocenters. The number of primary amides is 1. The van der Waals surface area contributed by atoms with Gasteiger partial charge in [0.05, 0.1) is 5.69 Å². The van der Waals surface area contributed by atoms with Gasteiger partial charge in [-0.25, -0.2) is 4.39 Å². The van der Waals surface area contributed by atoms with E-state index in [1.165, 1.54) is 17.2 Å². The van der Waals surface area contributed by atoms with Crippen LogP contribution in [0, 0.1) is 5.82 Å². The zero-order chi connectivity index (χ0) is 19.1. The van der Waals surface area contributed by atoms with Crippen molar-refractivity contribution in [3.63, 3.8) is 0 Å². The summed E-state index contributed by atoms with van der Waals surface area (Å²) in [6.07, 6.45) is 0. The van der Waals surface area contributed by atoms with E-state index in [-0.39, 0.29) is 5.69 Å². The topological polar surface area (TPSA) is 72.3 Å². The average Bonchev–Trinajstić information content (AvgIpc) is 3.06. The number of nitrogens with two attached hydrogens (primary N) is 2. The first-order valence-electron chi connectivity index (χ1n) is 8.72. The number of benzene rings is 3. The summed E-state index contributed by atoms with van der Waals surface area (Å²) in [5.74, 6) is -0.884. The van der Waals surface area contributed by atoms with E-state index in [9.17, 15) is 9.18 Å². The summed E-state index contributed by atoms with van der Waals surface area (Å²) in [7, 11) is 0. The Morgan fingerprint density at radius 1 is 1.07 bits per heavy atom. The Kier molecular flexibility index (Phi) is 4.16. The molecule has 5 heteroatoms. The number of halogens is 1. The van der Waals surface area contributed by atoms with Crippen molar-refractivity contribution in [2.75, 3.05) is 12.3 Å². The molecule has 27 heavy (non-hydrogen) atoms. The second-order valence-corrected chi connectivity index (χ2v) is 6.99. The van der Waals surface area contributed by atoms with Gasteiger partial charge in [0, 0.05) is 25.2 Å². The first-order chi connectivity index (χ1) is 12.9. The molecule has 0 saturated heterocycles. The number of rotatable bonds is 4. The van der Waals surface area contributed by atoms with Gasteiger partial charge in [0.25, 0.3) is 0 Å². The smallest absolute Gasteiger partial charge is 0.245 e. The number of hydrogen-bond donors (Lipinski definition) is 2. The van der Waals surface area contributed by atoms with Crippen molar-refractivity contribution in [1.82, 2.24) is 4.90 Å². The maximum atomic E-state index is 13.9. The summed E-state index contributed by atoms with van der Waals surface area (Å²) in [5, 5.41) is 2.26. The van der Waals surface area contributed by atoms with Gasteiger partial charge in [0.2, 0.25) is 5.91 Å². The van der Waals surface area contributed by atoms with Crippen molar-refractivity contribution in [3.8, 4) is 11.1 Å². The van der Waals surface area contributed by atoms with Gasteiger partial charge in [-0.3, -0.25) is 9.69 Å². The summed E-state index contributed by atoms with van der Waals surface area (Å²) in [4.78, 5) is 13.4. The summed E-state index contributed by atoms with van der Waals surface area (Å²) >= 11 is 0. The highest BCUT2D eigenvalue weighted by atomic mass is 19.1. The molecule has 0 fully saturated rings. The van der Waals surface area contributed by atoms with Crippen molar-refractivity contribution in [3.05, 3.63) is 77.6 Å². The quantitative estimate of drug-likeness (QED) is 0.551. The number of amides is 1. The minimum absolute atomic E-state index is 0.144. The standard InChI is InChI=1S/C22H20FN3O/c1-13(22(25)27)10-26-11-17-5-3-14-2-4-15(8-18(14)19(17)12-26)16-6-7-21(24)20(23)9-16/h2-9H,1,10-12,24H2,(H2,25,27). The number of nitrogen functional groups attached to an aromatic ring is 1. The Hall–Kier alpha value is -3.18. The van der Waals surface area contributed by atoms with E-state index in [0.717, 1.165) is 35.0 Å². The minimum Gasteiger partial charge on any atom is -0.396 e. The Bertz CT molecular complexity index is 1090. The second kappa shape index (κ2) is 6.52. The molecule has 0 saturated carbocycles. The lowest BCUT2D eigenvalue weighted by molar-refractivity contribution is -0.114. The highest BCUT2D eigenvalue weighted by molar-refractivity contribution is 5.92. The number of fused-ring (bicyclic) bond motifs is 3. The lowest BCUT2D eigenvalue weighted by atomic mass is 9.96. The van der Waals surface area contributed by atoms with Crippen LogP contribution < -0.4 is 11.5 Å². The SMILES string of the molecule is C=C(CN1Cc2ccc3ccc(-c4ccc(N)c(F)c4)cc3c2C1)C(N)=O.